The van der Waals surface area contributed by atoms with Crippen molar-refractivity contribution in [3.05, 3.63) is 35.6 Å². The first-order chi connectivity index (χ1) is 10.9. The van der Waals surface area contributed by atoms with Crippen molar-refractivity contribution in [2.24, 2.45) is 5.73 Å². The van der Waals surface area contributed by atoms with E-state index in [1.807, 2.05) is 38.4 Å². The Balaban J connectivity index is 1.81. The Bertz CT molecular complexity index is 746. The highest BCUT2D eigenvalue weighted by Crippen LogP contribution is 2.30. The second-order valence-electron chi connectivity index (χ2n) is 6.28. The molecule has 2 aromatic rings. The van der Waals surface area contributed by atoms with Crippen molar-refractivity contribution in [1.29, 1.82) is 0 Å². The number of nitrogens with one attached hydrogen (secondary N) is 2. The standard InChI is InChI=1S/C16H21N5OS/c1-16(2,17)10-20-15(22)13-9-21(7-8-23-13)12-4-6-19-14-11(12)3-5-18-14/h3-6,9H,7-8,10,17H2,1-2H3,(H,18,19)(H,20,22). The van der Waals surface area contributed by atoms with Crippen LogP contribution in [0.3, 0.4) is 0 Å². The van der Waals surface area contributed by atoms with Gasteiger partial charge in [0.1, 0.15) is 5.65 Å². The van der Waals surface area contributed by atoms with Crippen LogP contribution in [-0.2, 0) is 4.79 Å². The fourth-order valence-corrected chi connectivity index (χ4v) is 3.32. The molecule has 4 N–H and O–H groups in total. The first-order valence-corrected chi connectivity index (χ1v) is 8.53. The summed E-state index contributed by atoms with van der Waals surface area (Å²) in [5, 5.41) is 3.95. The summed E-state index contributed by atoms with van der Waals surface area (Å²) in [5.41, 5.74) is 7.41. The molecule has 122 valence electrons. The number of rotatable bonds is 4. The molecule has 0 saturated heterocycles. The summed E-state index contributed by atoms with van der Waals surface area (Å²) in [6, 6.07) is 3.98. The first kappa shape index (κ1) is 15.9. The van der Waals surface area contributed by atoms with Gasteiger partial charge >= 0.3 is 0 Å². The molecule has 1 aliphatic heterocycles. The topological polar surface area (TPSA) is 87.0 Å². The zero-order valence-corrected chi connectivity index (χ0v) is 14.1. The second-order valence-corrected chi connectivity index (χ2v) is 7.41. The maximum absolute atomic E-state index is 12.3. The lowest BCUT2D eigenvalue weighted by atomic mass is 10.1. The number of pyridine rings is 1. The number of aromatic amines is 1. The van der Waals surface area contributed by atoms with E-state index in [1.54, 1.807) is 18.0 Å². The van der Waals surface area contributed by atoms with Gasteiger partial charge in [-0.1, -0.05) is 0 Å². The van der Waals surface area contributed by atoms with Crippen LogP contribution in [-0.4, -0.2) is 40.3 Å². The Morgan fingerprint density at radius 2 is 2.35 bits per heavy atom. The number of nitrogens with two attached hydrogens (primary N) is 1. The van der Waals surface area contributed by atoms with Gasteiger partial charge in [-0.2, -0.15) is 0 Å². The number of H-pyrrole nitrogens is 1. The molecule has 6 nitrogen and oxygen atoms in total. The van der Waals surface area contributed by atoms with E-state index in [-0.39, 0.29) is 5.91 Å². The van der Waals surface area contributed by atoms with Crippen LogP contribution >= 0.6 is 11.8 Å². The number of carbonyl (C=O) groups excluding carboxylic acids is 1. The Hall–Kier alpha value is -1.99. The minimum absolute atomic E-state index is 0.0717. The molecule has 0 spiro atoms. The number of nitrogens with zero attached hydrogens (tertiary/aromatic N) is 2. The lowest BCUT2D eigenvalue weighted by Crippen LogP contribution is -2.45. The van der Waals surface area contributed by atoms with E-state index in [9.17, 15) is 4.79 Å². The molecule has 0 aromatic carbocycles. The smallest absolute Gasteiger partial charge is 0.259 e. The summed E-state index contributed by atoms with van der Waals surface area (Å²) in [7, 11) is 0. The summed E-state index contributed by atoms with van der Waals surface area (Å²) < 4.78 is 0. The highest BCUT2D eigenvalue weighted by molar-refractivity contribution is 8.04. The third kappa shape index (κ3) is 3.68. The van der Waals surface area contributed by atoms with Crippen molar-refractivity contribution >= 4 is 34.4 Å². The molecule has 1 aliphatic rings. The van der Waals surface area contributed by atoms with Crippen LogP contribution in [0.2, 0.25) is 0 Å². The number of thioether (sulfide) groups is 1. The number of amides is 1. The average Bonchev–Trinajstić information content (AvgIpc) is 3.00. The van der Waals surface area contributed by atoms with Crippen molar-refractivity contribution in [2.45, 2.75) is 19.4 Å². The number of hydrogen-bond donors (Lipinski definition) is 3. The molecular formula is C16H21N5OS. The van der Waals surface area contributed by atoms with E-state index in [1.165, 1.54) is 0 Å². The van der Waals surface area contributed by atoms with Crippen LogP contribution in [0, 0.1) is 0 Å². The van der Waals surface area contributed by atoms with Crippen LogP contribution < -0.4 is 16.0 Å². The number of fused-ring (bicyclic) bond motifs is 1. The molecule has 0 fully saturated rings. The first-order valence-electron chi connectivity index (χ1n) is 7.54. The van der Waals surface area contributed by atoms with Gasteiger partial charge in [-0.3, -0.25) is 4.79 Å². The number of hydrogen-bond acceptors (Lipinski definition) is 5. The molecule has 3 rings (SSSR count). The molecule has 7 heteroatoms. The van der Waals surface area contributed by atoms with Gasteiger partial charge in [0.25, 0.3) is 5.91 Å². The van der Waals surface area contributed by atoms with E-state index in [0.29, 0.717) is 11.4 Å². The number of anilines is 1. The van der Waals surface area contributed by atoms with Crippen LogP contribution in [0.5, 0.6) is 0 Å². The monoisotopic (exact) mass is 331 g/mol. The summed E-state index contributed by atoms with van der Waals surface area (Å²) >= 11 is 1.57. The minimum atomic E-state index is -0.419. The Morgan fingerprint density at radius 3 is 3.13 bits per heavy atom. The molecule has 2 aromatic heterocycles. The summed E-state index contributed by atoms with van der Waals surface area (Å²) in [5.74, 6) is 0.789. The highest BCUT2D eigenvalue weighted by Gasteiger charge is 2.21. The van der Waals surface area contributed by atoms with Crippen molar-refractivity contribution in [3.63, 3.8) is 0 Å². The van der Waals surface area contributed by atoms with E-state index < -0.39 is 5.54 Å². The molecule has 1 amide bonds. The molecule has 0 aliphatic carbocycles. The van der Waals surface area contributed by atoms with Crippen molar-refractivity contribution in [3.8, 4) is 0 Å². The van der Waals surface area contributed by atoms with Gasteiger partial charge in [0.2, 0.25) is 0 Å². The molecular weight excluding hydrogens is 310 g/mol. The fourth-order valence-electron chi connectivity index (χ4n) is 2.40. The molecule has 0 bridgehead atoms. The van der Waals surface area contributed by atoms with Gasteiger partial charge in [-0.05, 0) is 26.0 Å². The van der Waals surface area contributed by atoms with E-state index in [2.05, 4.69) is 20.2 Å². The normalized spacial score (nSPS) is 15.6. The molecule has 0 saturated carbocycles. The van der Waals surface area contributed by atoms with Crippen molar-refractivity contribution in [1.82, 2.24) is 15.3 Å². The predicted octanol–water partition coefficient (Wildman–Crippen LogP) is 1.81. The summed E-state index contributed by atoms with van der Waals surface area (Å²) in [4.78, 5) is 22.6. The van der Waals surface area contributed by atoms with E-state index >= 15 is 0 Å². The third-order valence-electron chi connectivity index (χ3n) is 3.54. The summed E-state index contributed by atoms with van der Waals surface area (Å²) in [6.45, 7) is 5.08. The van der Waals surface area contributed by atoms with E-state index in [4.69, 9.17) is 5.73 Å². The van der Waals surface area contributed by atoms with Gasteiger partial charge in [-0.25, -0.2) is 4.98 Å². The van der Waals surface area contributed by atoms with Crippen LogP contribution in [0.25, 0.3) is 11.0 Å². The van der Waals surface area contributed by atoms with Gasteiger partial charge in [0, 0.05) is 48.4 Å². The van der Waals surface area contributed by atoms with E-state index in [0.717, 1.165) is 29.0 Å². The lowest BCUT2D eigenvalue weighted by Gasteiger charge is -2.27. The van der Waals surface area contributed by atoms with Crippen LogP contribution in [0.1, 0.15) is 13.8 Å². The predicted molar refractivity (Wildman–Crippen MR) is 95.3 cm³/mol. The van der Waals surface area contributed by atoms with Crippen molar-refractivity contribution in [2.75, 3.05) is 23.7 Å². The van der Waals surface area contributed by atoms with Gasteiger partial charge in [-0.15, -0.1) is 11.8 Å². The largest absolute Gasteiger partial charge is 0.350 e. The van der Waals surface area contributed by atoms with Crippen LogP contribution in [0.15, 0.2) is 35.6 Å². The van der Waals surface area contributed by atoms with Gasteiger partial charge < -0.3 is 20.9 Å². The molecule has 3 heterocycles. The highest BCUT2D eigenvalue weighted by atomic mass is 32.2. The van der Waals surface area contributed by atoms with Gasteiger partial charge in [0.15, 0.2) is 0 Å². The minimum Gasteiger partial charge on any atom is -0.350 e. The SMILES string of the molecule is CC(C)(N)CNC(=O)C1=CN(c2ccnc3[nH]ccc23)CCS1. The zero-order chi connectivity index (χ0) is 16.4. The molecule has 23 heavy (non-hydrogen) atoms. The lowest BCUT2D eigenvalue weighted by molar-refractivity contribution is -0.117. The number of carbonyl (C=O) groups is 1. The van der Waals surface area contributed by atoms with Crippen LogP contribution in [0.4, 0.5) is 5.69 Å². The maximum atomic E-state index is 12.3. The Labute approximate surface area is 139 Å². The molecule has 0 unspecified atom stereocenters. The van der Waals surface area contributed by atoms with Crippen molar-refractivity contribution < 1.29 is 4.79 Å². The van der Waals surface area contributed by atoms with Gasteiger partial charge in [0.05, 0.1) is 10.6 Å². The quantitative estimate of drug-likeness (QED) is 0.795. The second kappa shape index (κ2) is 6.25. The number of aromatic nitrogens is 2. The Kier molecular flexibility index (Phi) is 4.32. The average molecular weight is 331 g/mol. The maximum Gasteiger partial charge on any atom is 0.259 e. The molecule has 0 atom stereocenters. The third-order valence-corrected chi connectivity index (χ3v) is 4.53. The molecule has 0 radical (unpaired) electrons. The zero-order valence-electron chi connectivity index (χ0n) is 13.3. The fraction of sp³-hybridized carbons (Fsp3) is 0.375. The Morgan fingerprint density at radius 1 is 1.52 bits per heavy atom. The summed E-state index contributed by atoms with van der Waals surface area (Å²) in [6.07, 6.45) is 5.57.